The lowest BCUT2D eigenvalue weighted by atomic mass is 10.1. The average Bonchev–Trinajstić information content (AvgIpc) is 3.00. The maximum atomic E-state index is 5.37. The second-order valence-corrected chi connectivity index (χ2v) is 4.02. The van der Waals surface area contributed by atoms with E-state index in [1.807, 2.05) is 17.9 Å². The number of aryl methyl sites for hydroxylation is 1. The van der Waals surface area contributed by atoms with E-state index in [2.05, 4.69) is 17.3 Å². The lowest BCUT2D eigenvalue weighted by Crippen LogP contribution is -2.22. The molecule has 1 aromatic heterocycles. The van der Waals surface area contributed by atoms with Crippen LogP contribution in [0.5, 0.6) is 5.75 Å². The molecule has 0 spiro atoms. The molecule has 0 radical (unpaired) electrons. The Morgan fingerprint density at radius 1 is 1.67 bits per heavy atom. The van der Waals surface area contributed by atoms with Crippen LogP contribution in [0.15, 0.2) is 6.20 Å². The molecule has 2 rings (SSSR count). The van der Waals surface area contributed by atoms with Gasteiger partial charge in [0.15, 0.2) is 5.75 Å². The van der Waals surface area contributed by atoms with Gasteiger partial charge in [0.25, 0.3) is 0 Å². The fraction of sp³-hybridized carbons (Fsp3) is 0.727. The Balaban J connectivity index is 2.33. The van der Waals surface area contributed by atoms with Gasteiger partial charge in [-0.25, -0.2) is 0 Å². The van der Waals surface area contributed by atoms with Crippen molar-refractivity contribution >= 4 is 0 Å². The zero-order valence-corrected chi connectivity index (χ0v) is 9.66. The van der Waals surface area contributed by atoms with E-state index in [4.69, 9.17) is 4.74 Å². The molecule has 1 aromatic rings. The van der Waals surface area contributed by atoms with Gasteiger partial charge >= 0.3 is 0 Å². The molecular formula is C11H19N3O. The van der Waals surface area contributed by atoms with Crippen LogP contribution in [0.1, 0.15) is 31.5 Å². The maximum Gasteiger partial charge on any atom is 0.161 e. The van der Waals surface area contributed by atoms with E-state index in [-0.39, 0.29) is 0 Å². The Labute approximate surface area is 90.6 Å². The van der Waals surface area contributed by atoms with Crippen LogP contribution < -0.4 is 10.1 Å². The second-order valence-electron chi connectivity index (χ2n) is 4.02. The minimum atomic E-state index is 0.391. The average molecular weight is 209 g/mol. The van der Waals surface area contributed by atoms with Crippen LogP contribution >= 0.6 is 0 Å². The molecule has 1 saturated carbocycles. The lowest BCUT2D eigenvalue weighted by molar-refractivity contribution is 0.387. The van der Waals surface area contributed by atoms with E-state index in [0.29, 0.717) is 6.04 Å². The smallest absolute Gasteiger partial charge is 0.161 e. The zero-order valence-electron chi connectivity index (χ0n) is 9.66. The molecule has 1 atom stereocenters. The molecular weight excluding hydrogens is 190 g/mol. The number of nitrogens with one attached hydrogen (secondary N) is 1. The van der Waals surface area contributed by atoms with Crippen LogP contribution in [-0.2, 0) is 6.54 Å². The Bertz CT molecular complexity index is 309. The summed E-state index contributed by atoms with van der Waals surface area (Å²) in [6.07, 6.45) is 4.43. The number of aromatic nitrogens is 2. The van der Waals surface area contributed by atoms with Gasteiger partial charge < -0.3 is 10.1 Å². The summed E-state index contributed by atoms with van der Waals surface area (Å²) in [5, 5.41) is 7.71. The first-order valence-electron chi connectivity index (χ1n) is 5.58. The molecule has 1 N–H and O–H groups in total. The SMILES string of the molecule is CCn1ncc(OC)c1C(NC)C1CC1. The van der Waals surface area contributed by atoms with Crippen molar-refractivity contribution in [2.75, 3.05) is 14.2 Å². The third kappa shape index (κ3) is 1.86. The Morgan fingerprint density at radius 3 is 2.87 bits per heavy atom. The monoisotopic (exact) mass is 209 g/mol. The number of ether oxygens (including phenoxy) is 1. The van der Waals surface area contributed by atoms with Crippen molar-refractivity contribution < 1.29 is 4.74 Å². The molecule has 0 amide bonds. The standard InChI is InChI=1S/C11H19N3O/c1-4-14-11(9(15-3)7-13-14)10(12-2)8-5-6-8/h7-8,10,12H,4-6H2,1-3H3. The van der Waals surface area contributed by atoms with Gasteiger partial charge in [0.2, 0.25) is 0 Å². The second kappa shape index (κ2) is 4.23. The molecule has 1 aliphatic rings. The van der Waals surface area contributed by atoms with Gasteiger partial charge in [-0.3, -0.25) is 4.68 Å². The predicted octanol–water partition coefficient (Wildman–Crippen LogP) is 1.58. The zero-order chi connectivity index (χ0) is 10.8. The molecule has 0 aliphatic heterocycles. The molecule has 4 heteroatoms. The molecule has 4 nitrogen and oxygen atoms in total. The van der Waals surface area contributed by atoms with Gasteiger partial charge in [-0.2, -0.15) is 5.10 Å². The van der Waals surface area contributed by atoms with Gasteiger partial charge in [-0.05, 0) is 32.7 Å². The summed E-state index contributed by atoms with van der Waals surface area (Å²) in [7, 11) is 3.72. The third-order valence-electron chi connectivity index (χ3n) is 3.06. The normalized spacial score (nSPS) is 17.8. The Morgan fingerprint density at radius 2 is 2.40 bits per heavy atom. The molecule has 1 heterocycles. The molecule has 0 saturated heterocycles. The number of rotatable bonds is 5. The van der Waals surface area contributed by atoms with E-state index in [0.717, 1.165) is 18.2 Å². The minimum absolute atomic E-state index is 0.391. The van der Waals surface area contributed by atoms with E-state index in [1.165, 1.54) is 18.5 Å². The van der Waals surface area contributed by atoms with Crippen molar-refractivity contribution in [2.45, 2.75) is 32.4 Å². The summed E-state index contributed by atoms with van der Waals surface area (Å²) in [5.74, 6) is 1.66. The van der Waals surface area contributed by atoms with E-state index in [9.17, 15) is 0 Å². The lowest BCUT2D eigenvalue weighted by Gasteiger charge is -2.18. The van der Waals surface area contributed by atoms with Gasteiger partial charge in [-0.15, -0.1) is 0 Å². The largest absolute Gasteiger partial charge is 0.493 e. The van der Waals surface area contributed by atoms with Crippen molar-refractivity contribution in [3.05, 3.63) is 11.9 Å². The highest BCUT2D eigenvalue weighted by Gasteiger charge is 2.35. The van der Waals surface area contributed by atoms with Crippen LogP contribution in [0.25, 0.3) is 0 Å². The number of hydrogen-bond acceptors (Lipinski definition) is 3. The summed E-state index contributed by atoms with van der Waals surface area (Å²) in [6, 6.07) is 0.391. The van der Waals surface area contributed by atoms with Crippen molar-refractivity contribution in [1.29, 1.82) is 0 Å². The fourth-order valence-electron chi connectivity index (χ4n) is 2.13. The third-order valence-corrected chi connectivity index (χ3v) is 3.06. The summed E-state index contributed by atoms with van der Waals surface area (Å²) < 4.78 is 7.39. The van der Waals surface area contributed by atoms with Crippen molar-refractivity contribution in [2.24, 2.45) is 5.92 Å². The molecule has 0 aromatic carbocycles. The summed E-state index contributed by atoms with van der Waals surface area (Å²) in [4.78, 5) is 0. The molecule has 1 fully saturated rings. The first-order chi connectivity index (χ1) is 7.31. The molecule has 1 aliphatic carbocycles. The Kier molecular flexibility index (Phi) is 2.95. The highest BCUT2D eigenvalue weighted by Crippen LogP contribution is 2.43. The van der Waals surface area contributed by atoms with Crippen molar-refractivity contribution in [3.8, 4) is 5.75 Å². The summed E-state index contributed by atoms with van der Waals surface area (Å²) in [6.45, 7) is 3.00. The Hall–Kier alpha value is -1.03. The predicted molar refractivity (Wildman–Crippen MR) is 59.0 cm³/mol. The van der Waals surface area contributed by atoms with Gasteiger partial charge in [-0.1, -0.05) is 0 Å². The van der Waals surface area contributed by atoms with Crippen LogP contribution in [0.3, 0.4) is 0 Å². The summed E-state index contributed by atoms with van der Waals surface area (Å²) >= 11 is 0. The van der Waals surface area contributed by atoms with Crippen LogP contribution in [0.2, 0.25) is 0 Å². The van der Waals surface area contributed by atoms with Crippen LogP contribution in [-0.4, -0.2) is 23.9 Å². The van der Waals surface area contributed by atoms with Crippen molar-refractivity contribution in [1.82, 2.24) is 15.1 Å². The van der Waals surface area contributed by atoms with Crippen molar-refractivity contribution in [3.63, 3.8) is 0 Å². The quantitative estimate of drug-likeness (QED) is 0.800. The number of methoxy groups -OCH3 is 1. The first kappa shape index (κ1) is 10.5. The number of hydrogen-bond donors (Lipinski definition) is 1. The summed E-state index contributed by atoms with van der Waals surface area (Å²) in [5.41, 5.74) is 1.20. The molecule has 1 unspecified atom stereocenters. The van der Waals surface area contributed by atoms with Crippen LogP contribution in [0, 0.1) is 5.92 Å². The maximum absolute atomic E-state index is 5.37. The van der Waals surface area contributed by atoms with E-state index < -0.39 is 0 Å². The minimum Gasteiger partial charge on any atom is -0.493 e. The van der Waals surface area contributed by atoms with Gasteiger partial charge in [0, 0.05) is 6.54 Å². The molecule has 0 bridgehead atoms. The number of nitrogens with zero attached hydrogens (tertiary/aromatic N) is 2. The van der Waals surface area contributed by atoms with Crippen LogP contribution in [0.4, 0.5) is 0 Å². The molecule has 15 heavy (non-hydrogen) atoms. The van der Waals surface area contributed by atoms with Gasteiger partial charge in [0.1, 0.15) is 0 Å². The van der Waals surface area contributed by atoms with Gasteiger partial charge in [0.05, 0.1) is 25.0 Å². The highest BCUT2D eigenvalue weighted by molar-refractivity contribution is 5.29. The fourth-order valence-corrected chi connectivity index (χ4v) is 2.13. The van der Waals surface area contributed by atoms with E-state index >= 15 is 0 Å². The molecule has 84 valence electrons. The van der Waals surface area contributed by atoms with E-state index in [1.54, 1.807) is 7.11 Å². The topological polar surface area (TPSA) is 39.1 Å². The first-order valence-corrected chi connectivity index (χ1v) is 5.58. The highest BCUT2D eigenvalue weighted by atomic mass is 16.5.